The SMILES string of the molecule is CCCCN(C)CCNC(=O)c1cc(-c2cccs2)nc2ccccc12. The first-order valence-corrected chi connectivity index (χ1v) is 9.97. The van der Waals surface area contributed by atoms with Gasteiger partial charge in [0.25, 0.3) is 5.91 Å². The first-order valence-electron chi connectivity index (χ1n) is 9.09. The van der Waals surface area contributed by atoms with Crippen LogP contribution in [0.1, 0.15) is 30.1 Å². The third kappa shape index (κ3) is 4.48. The number of pyridine rings is 1. The van der Waals surface area contributed by atoms with E-state index >= 15 is 0 Å². The first kappa shape index (κ1) is 18.5. The molecule has 0 bridgehead atoms. The van der Waals surface area contributed by atoms with Crippen molar-refractivity contribution in [3.05, 3.63) is 53.4 Å². The molecule has 0 aliphatic rings. The molecule has 4 nitrogen and oxygen atoms in total. The van der Waals surface area contributed by atoms with Gasteiger partial charge >= 0.3 is 0 Å². The molecule has 0 spiro atoms. The van der Waals surface area contributed by atoms with Gasteiger partial charge in [-0.15, -0.1) is 11.3 Å². The quantitative estimate of drug-likeness (QED) is 0.641. The molecule has 2 heterocycles. The van der Waals surface area contributed by atoms with Crippen LogP contribution in [0.4, 0.5) is 0 Å². The van der Waals surface area contributed by atoms with Crippen molar-refractivity contribution in [2.24, 2.45) is 0 Å². The number of aromatic nitrogens is 1. The van der Waals surface area contributed by atoms with Crippen molar-refractivity contribution >= 4 is 28.1 Å². The molecule has 0 aliphatic heterocycles. The molecule has 0 saturated carbocycles. The number of thiophene rings is 1. The molecule has 5 heteroatoms. The number of hydrogen-bond acceptors (Lipinski definition) is 4. The van der Waals surface area contributed by atoms with Crippen LogP contribution < -0.4 is 5.32 Å². The maximum absolute atomic E-state index is 12.8. The zero-order valence-corrected chi connectivity index (χ0v) is 16.2. The minimum Gasteiger partial charge on any atom is -0.351 e. The van der Waals surface area contributed by atoms with Crippen LogP contribution in [0.5, 0.6) is 0 Å². The minimum atomic E-state index is -0.0368. The average molecular weight is 368 g/mol. The lowest BCUT2D eigenvalue weighted by atomic mass is 10.1. The van der Waals surface area contributed by atoms with E-state index in [1.807, 2.05) is 47.8 Å². The number of benzene rings is 1. The average Bonchev–Trinajstić information content (AvgIpc) is 3.20. The number of nitrogens with one attached hydrogen (secondary N) is 1. The van der Waals surface area contributed by atoms with Gasteiger partial charge in [-0.2, -0.15) is 0 Å². The lowest BCUT2D eigenvalue weighted by molar-refractivity contribution is 0.0951. The highest BCUT2D eigenvalue weighted by Gasteiger charge is 2.14. The highest BCUT2D eigenvalue weighted by molar-refractivity contribution is 7.13. The van der Waals surface area contributed by atoms with Crippen molar-refractivity contribution in [1.82, 2.24) is 15.2 Å². The summed E-state index contributed by atoms with van der Waals surface area (Å²) in [5.41, 5.74) is 2.39. The summed E-state index contributed by atoms with van der Waals surface area (Å²) < 4.78 is 0. The van der Waals surface area contributed by atoms with Crippen LogP contribution in [0, 0.1) is 0 Å². The fourth-order valence-electron chi connectivity index (χ4n) is 2.91. The van der Waals surface area contributed by atoms with Crippen molar-refractivity contribution in [2.75, 3.05) is 26.7 Å². The van der Waals surface area contributed by atoms with E-state index in [0.29, 0.717) is 12.1 Å². The van der Waals surface area contributed by atoms with Crippen molar-refractivity contribution in [3.8, 4) is 10.6 Å². The van der Waals surface area contributed by atoms with Gasteiger partial charge in [0.2, 0.25) is 0 Å². The van der Waals surface area contributed by atoms with Crippen molar-refractivity contribution in [3.63, 3.8) is 0 Å². The van der Waals surface area contributed by atoms with Gasteiger partial charge in [0, 0.05) is 18.5 Å². The summed E-state index contributed by atoms with van der Waals surface area (Å²) >= 11 is 1.63. The molecule has 136 valence electrons. The Morgan fingerprint density at radius 2 is 2.04 bits per heavy atom. The number of rotatable bonds is 8. The lowest BCUT2D eigenvalue weighted by Crippen LogP contribution is -2.33. The third-order valence-corrected chi connectivity index (χ3v) is 5.30. The van der Waals surface area contributed by atoms with E-state index in [4.69, 9.17) is 4.98 Å². The molecule has 26 heavy (non-hydrogen) atoms. The lowest BCUT2D eigenvalue weighted by Gasteiger charge is -2.16. The molecule has 3 rings (SSSR count). The third-order valence-electron chi connectivity index (χ3n) is 4.41. The largest absolute Gasteiger partial charge is 0.351 e. The number of unbranched alkanes of at least 4 members (excludes halogenated alkanes) is 1. The summed E-state index contributed by atoms with van der Waals surface area (Å²) in [4.78, 5) is 20.9. The van der Waals surface area contributed by atoms with Gasteiger partial charge in [-0.1, -0.05) is 37.6 Å². The van der Waals surface area contributed by atoms with Crippen molar-refractivity contribution in [2.45, 2.75) is 19.8 Å². The molecular weight excluding hydrogens is 342 g/mol. The van der Waals surface area contributed by atoms with Crippen LogP contribution in [0.15, 0.2) is 47.8 Å². The molecule has 3 aromatic rings. The molecule has 0 radical (unpaired) electrons. The summed E-state index contributed by atoms with van der Waals surface area (Å²) in [6.07, 6.45) is 2.37. The van der Waals surface area contributed by atoms with Crippen LogP contribution in [-0.4, -0.2) is 42.5 Å². The minimum absolute atomic E-state index is 0.0368. The maximum atomic E-state index is 12.8. The van der Waals surface area contributed by atoms with Gasteiger partial charge < -0.3 is 10.2 Å². The molecule has 1 aromatic carbocycles. The fraction of sp³-hybridized carbons (Fsp3) is 0.333. The number of fused-ring (bicyclic) bond motifs is 1. The van der Waals surface area contributed by atoms with E-state index in [2.05, 4.69) is 24.2 Å². The first-order chi connectivity index (χ1) is 12.7. The molecule has 0 fully saturated rings. The van der Waals surface area contributed by atoms with Gasteiger partial charge in [0.05, 0.1) is 21.7 Å². The number of carbonyl (C=O) groups excluding carboxylic acids is 1. The van der Waals surface area contributed by atoms with Crippen molar-refractivity contribution in [1.29, 1.82) is 0 Å². The Morgan fingerprint density at radius 1 is 1.19 bits per heavy atom. The molecule has 0 atom stereocenters. The predicted octanol–water partition coefficient (Wildman–Crippen LogP) is 4.43. The zero-order valence-electron chi connectivity index (χ0n) is 15.4. The predicted molar refractivity (Wildman–Crippen MR) is 110 cm³/mol. The summed E-state index contributed by atoms with van der Waals surface area (Å²) in [6, 6.07) is 13.8. The molecule has 2 aromatic heterocycles. The summed E-state index contributed by atoms with van der Waals surface area (Å²) in [5, 5.41) is 5.99. The van der Waals surface area contributed by atoms with E-state index in [9.17, 15) is 4.79 Å². The van der Waals surface area contributed by atoms with E-state index < -0.39 is 0 Å². The second kappa shape index (κ2) is 8.92. The highest BCUT2D eigenvalue weighted by Crippen LogP contribution is 2.27. The van der Waals surface area contributed by atoms with Gasteiger partial charge in [-0.3, -0.25) is 4.79 Å². The van der Waals surface area contributed by atoms with Gasteiger partial charge in [0.1, 0.15) is 0 Å². The molecule has 0 saturated heterocycles. The Bertz CT molecular complexity index is 861. The second-order valence-electron chi connectivity index (χ2n) is 6.46. The Balaban J connectivity index is 1.78. The number of para-hydroxylation sites is 1. The molecular formula is C21H25N3OS. The van der Waals surface area contributed by atoms with Crippen LogP contribution in [0.3, 0.4) is 0 Å². The van der Waals surface area contributed by atoms with E-state index in [-0.39, 0.29) is 5.91 Å². The maximum Gasteiger partial charge on any atom is 0.252 e. The number of nitrogens with zero attached hydrogens (tertiary/aromatic N) is 2. The number of carbonyl (C=O) groups is 1. The van der Waals surface area contributed by atoms with E-state index in [0.717, 1.165) is 34.6 Å². The topological polar surface area (TPSA) is 45.2 Å². The number of likely N-dealkylation sites (N-methyl/N-ethyl adjacent to an activating group) is 1. The van der Waals surface area contributed by atoms with Crippen LogP contribution >= 0.6 is 11.3 Å². The van der Waals surface area contributed by atoms with Crippen LogP contribution in [-0.2, 0) is 0 Å². The summed E-state index contributed by atoms with van der Waals surface area (Å²) in [6.45, 7) is 4.75. The Morgan fingerprint density at radius 3 is 2.81 bits per heavy atom. The standard InChI is InChI=1S/C21H25N3OS/c1-3-4-12-24(2)13-11-22-21(25)17-15-19(20-10-7-14-26-20)23-18-9-6-5-8-16(17)18/h5-10,14-15H,3-4,11-13H2,1-2H3,(H,22,25). The zero-order chi connectivity index (χ0) is 18.4. The van der Waals surface area contributed by atoms with Gasteiger partial charge in [-0.25, -0.2) is 4.98 Å². The van der Waals surface area contributed by atoms with Gasteiger partial charge in [-0.05, 0) is 43.6 Å². The molecule has 1 N–H and O–H groups in total. The second-order valence-corrected chi connectivity index (χ2v) is 7.41. The highest BCUT2D eigenvalue weighted by atomic mass is 32.1. The molecule has 1 amide bonds. The van der Waals surface area contributed by atoms with Gasteiger partial charge in [0.15, 0.2) is 0 Å². The summed E-state index contributed by atoms with van der Waals surface area (Å²) in [5.74, 6) is -0.0368. The summed E-state index contributed by atoms with van der Waals surface area (Å²) in [7, 11) is 2.10. The van der Waals surface area contributed by atoms with E-state index in [1.165, 1.54) is 12.8 Å². The Kier molecular flexibility index (Phi) is 6.36. The molecule has 0 unspecified atom stereocenters. The smallest absolute Gasteiger partial charge is 0.252 e. The fourth-order valence-corrected chi connectivity index (χ4v) is 3.60. The van der Waals surface area contributed by atoms with Crippen molar-refractivity contribution < 1.29 is 4.79 Å². The van der Waals surface area contributed by atoms with Crippen LogP contribution in [0.2, 0.25) is 0 Å². The van der Waals surface area contributed by atoms with E-state index in [1.54, 1.807) is 11.3 Å². The number of hydrogen-bond donors (Lipinski definition) is 1. The molecule has 0 aliphatic carbocycles. The normalized spacial score (nSPS) is 11.2. The van der Waals surface area contributed by atoms with Crippen LogP contribution in [0.25, 0.3) is 21.5 Å². The Labute approximate surface area is 158 Å². The Hall–Kier alpha value is -2.24. The number of amides is 1. The monoisotopic (exact) mass is 367 g/mol.